The zero-order valence-electron chi connectivity index (χ0n) is 11.5. The lowest BCUT2D eigenvalue weighted by Gasteiger charge is -2.01. The zero-order valence-corrected chi connectivity index (χ0v) is 14.8. The Morgan fingerprint density at radius 1 is 0.778 bits per heavy atom. The highest BCUT2D eigenvalue weighted by Crippen LogP contribution is 2.20. The van der Waals surface area contributed by atoms with E-state index in [2.05, 4.69) is 12.6 Å². The van der Waals surface area contributed by atoms with E-state index in [0.29, 0.717) is 0 Å². The van der Waals surface area contributed by atoms with Gasteiger partial charge in [-0.2, -0.15) is 0 Å². The number of rotatable bonds is 12. The van der Waals surface area contributed by atoms with Crippen molar-refractivity contribution in [1.82, 2.24) is 0 Å². The van der Waals surface area contributed by atoms with Gasteiger partial charge in [0, 0.05) is 0 Å². The Bertz CT molecular complexity index is 200. The SMILES string of the molecule is CCCCCCCCCCCC/C=[C]/[Si](Cl)(Cl)Cl. The summed E-state index contributed by atoms with van der Waals surface area (Å²) in [5.74, 6) is 0. The molecule has 0 aromatic rings. The minimum atomic E-state index is -2.64. The number of unbranched alkanes of at least 4 members (excludes halogenated alkanes) is 10. The van der Waals surface area contributed by atoms with Crippen molar-refractivity contribution in [2.45, 2.75) is 77.6 Å². The van der Waals surface area contributed by atoms with Gasteiger partial charge in [0.05, 0.1) is 0 Å². The molecule has 0 aliphatic carbocycles. The predicted molar refractivity (Wildman–Crippen MR) is 87.6 cm³/mol. The number of hydrogen-bond donors (Lipinski definition) is 0. The Kier molecular flexibility index (Phi) is 13.4. The van der Waals surface area contributed by atoms with Gasteiger partial charge >= 0.3 is 6.00 Å². The maximum atomic E-state index is 5.69. The molecule has 0 N–H and O–H groups in total. The second-order valence-corrected chi connectivity index (χ2v) is 12.9. The molecule has 0 heterocycles. The first kappa shape index (κ1) is 18.8. The van der Waals surface area contributed by atoms with Crippen molar-refractivity contribution in [3.8, 4) is 0 Å². The average molecular weight is 329 g/mol. The molecule has 0 amide bonds. The van der Waals surface area contributed by atoms with Crippen LogP contribution in [0, 0.1) is 5.70 Å². The second kappa shape index (κ2) is 12.8. The van der Waals surface area contributed by atoms with Gasteiger partial charge in [-0.1, -0.05) is 70.8 Å². The Morgan fingerprint density at radius 3 is 1.67 bits per heavy atom. The third-order valence-electron chi connectivity index (χ3n) is 2.97. The third-order valence-corrected chi connectivity index (χ3v) is 4.48. The Labute approximate surface area is 128 Å². The van der Waals surface area contributed by atoms with Crippen molar-refractivity contribution in [3.05, 3.63) is 11.8 Å². The van der Waals surface area contributed by atoms with Gasteiger partial charge in [0.15, 0.2) is 0 Å². The summed E-state index contributed by atoms with van der Waals surface area (Å²) in [6.07, 6.45) is 16.5. The average Bonchev–Trinajstić information content (AvgIpc) is 2.29. The molecule has 18 heavy (non-hydrogen) atoms. The molecule has 0 bridgehead atoms. The monoisotopic (exact) mass is 327 g/mol. The highest BCUT2D eigenvalue weighted by molar-refractivity contribution is 7.66. The summed E-state index contributed by atoms with van der Waals surface area (Å²) in [4.78, 5) is 0. The van der Waals surface area contributed by atoms with Crippen LogP contribution in [0.5, 0.6) is 0 Å². The van der Waals surface area contributed by atoms with Crippen LogP contribution in [0.4, 0.5) is 0 Å². The Morgan fingerprint density at radius 2 is 1.22 bits per heavy atom. The highest BCUT2D eigenvalue weighted by atomic mass is 35.8. The first-order valence-corrected chi connectivity index (χ1v) is 12.3. The number of halogens is 3. The fourth-order valence-electron chi connectivity index (χ4n) is 1.92. The fourth-order valence-corrected chi connectivity index (χ4v) is 2.99. The van der Waals surface area contributed by atoms with E-state index in [1.807, 2.05) is 6.08 Å². The molecule has 0 saturated carbocycles. The molecule has 0 saturated heterocycles. The molecule has 107 valence electrons. The molecule has 1 radical (unpaired) electrons. The molecule has 0 nitrogen and oxygen atoms in total. The summed E-state index contributed by atoms with van der Waals surface area (Å²) in [7, 11) is 0. The molecule has 0 aliphatic rings. The van der Waals surface area contributed by atoms with Gasteiger partial charge < -0.3 is 0 Å². The lowest BCUT2D eigenvalue weighted by Crippen LogP contribution is -2.04. The van der Waals surface area contributed by atoms with Crippen LogP contribution < -0.4 is 0 Å². The summed E-state index contributed by atoms with van der Waals surface area (Å²) in [6, 6.07) is -2.64. The predicted octanol–water partition coefficient (Wildman–Crippen LogP) is 6.85. The van der Waals surface area contributed by atoms with Gasteiger partial charge in [0.1, 0.15) is 0 Å². The zero-order chi connectivity index (χ0) is 13.7. The van der Waals surface area contributed by atoms with Gasteiger partial charge in [-0.3, -0.25) is 0 Å². The second-order valence-electron chi connectivity index (χ2n) is 4.82. The lowest BCUT2D eigenvalue weighted by atomic mass is 10.1. The van der Waals surface area contributed by atoms with Crippen molar-refractivity contribution in [2.75, 3.05) is 0 Å². The van der Waals surface area contributed by atoms with Crippen LogP contribution in [0.15, 0.2) is 6.08 Å². The summed E-state index contributed by atoms with van der Waals surface area (Å²) in [5, 5.41) is 0. The van der Waals surface area contributed by atoms with E-state index in [0.717, 1.165) is 6.42 Å². The van der Waals surface area contributed by atoms with E-state index >= 15 is 0 Å². The smallest absolute Gasteiger partial charge is 0.121 e. The van der Waals surface area contributed by atoms with Gasteiger partial charge in [0.25, 0.3) is 0 Å². The first-order chi connectivity index (χ1) is 8.56. The van der Waals surface area contributed by atoms with Crippen LogP contribution in [0.3, 0.4) is 0 Å². The summed E-state index contributed by atoms with van der Waals surface area (Å²) >= 11 is 17.1. The third kappa shape index (κ3) is 16.8. The maximum absolute atomic E-state index is 5.69. The maximum Gasteiger partial charge on any atom is 0.372 e. The number of allylic oxidation sites excluding steroid dienone is 1. The van der Waals surface area contributed by atoms with E-state index in [4.69, 9.17) is 33.2 Å². The highest BCUT2D eigenvalue weighted by Gasteiger charge is 2.20. The van der Waals surface area contributed by atoms with E-state index in [1.165, 1.54) is 64.2 Å². The van der Waals surface area contributed by atoms with Crippen LogP contribution >= 0.6 is 33.2 Å². The summed E-state index contributed by atoms with van der Waals surface area (Å²) in [5.41, 5.74) is 2.86. The molecular weight excluding hydrogens is 303 g/mol. The van der Waals surface area contributed by atoms with Crippen LogP contribution in [0.1, 0.15) is 77.6 Å². The van der Waals surface area contributed by atoms with Crippen molar-refractivity contribution in [2.24, 2.45) is 0 Å². The van der Waals surface area contributed by atoms with Crippen LogP contribution in [0.25, 0.3) is 0 Å². The first-order valence-electron chi connectivity index (χ1n) is 7.22. The van der Waals surface area contributed by atoms with E-state index in [9.17, 15) is 0 Å². The van der Waals surface area contributed by atoms with Gasteiger partial charge in [0.2, 0.25) is 0 Å². The van der Waals surface area contributed by atoms with E-state index in [-0.39, 0.29) is 0 Å². The van der Waals surface area contributed by atoms with E-state index in [1.54, 1.807) is 0 Å². The quantitative estimate of drug-likeness (QED) is 0.209. The van der Waals surface area contributed by atoms with Gasteiger partial charge in [-0.15, -0.1) is 33.2 Å². The lowest BCUT2D eigenvalue weighted by molar-refractivity contribution is 0.557. The Balaban J connectivity index is 3.10. The molecule has 4 heteroatoms. The molecule has 0 atom stereocenters. The van der Waals surface area contributed by atoms with Gasteiger partial charge in [-0.25, -0.2) is 0 Å². The molecule has 0 fully saturated rings. The topological polar surface area (TPSA) is 0 Å². The number of hydrogen-bond acceptors (Lipinski definition) is 0. The molecule has 0 aromatic heterocycles. The molecule has 0 unspecified atom stereocenters. The van der Waals surface area contributed by atoms with Crippen LogP contribution in [0.2, 0.25) is 0 Å². The summed E-state index contributed by atoms with van der Waals surface area (Å²) in [6.45, 7) is 2.26. The molecule has 0 aliphatic heterocycles. The minimum absolute atomic E-state index is 0.997. The normalized spacial score (nSPS) is 12.4. The van der Waals surface area contributed by atoms with Crippen LogP contribution in [-0.2, 0) is 0 Å². The minimum Gasteiger partial charge on any atom is -0.121 e. The Hall–Kier alpha value is 0.827. The van der Waals surface area contributed by atoms with Crippen LogP contribution in [-0.4, -0.2) is 6.00 Å². The van der Waals surface area contributed by atoms with Crippen molar-refractivity contribution < 1.29 is 0 Å². The molecular formula is C14H26Cl3Si. The molecule has 0 aromatic carbocycles. The van der Waals surface area contributed by atoms with Crippen molar-refractivity contribution in [3.63, 3.8) is 0 Å². The molecule has 0 rings (SSSR count). The van der Waals surface area contributed by atoms with E-state index < -0.39 is 6.00 Å². The molecule has 0 spiro atoms. The fraction of sp³-hybridized carbons (Fsp3) is 0.857. The van der Waals surface area contributed by atoms with Crippen molar-refractivity contribution >= 4 is 39.2 Å². The largest absolute Gasteiger partial charge is 0.372 e. The van der Waals surface area contributed by atoms with Gasteiger partial charge in [-0.05, 0) is 18.5 Å². The summed E-state index contributed by atoms with van der Waals surface area (Å²) < 4.78 is 0. The van der Waals surface area contributed by atoms with Crippen molar-refractivity contribution in [1.29, 1.82) is 0 Å². The standard InChI is InChI=1S/C14H26Cl3Si/c1-2-3-4-5-6-7-8-9-10-11-12-13-14-18(15,16)17/h13H,2-12H2,1H3.